The van der Waals surface area contributed by atoms with Gasteiger partial charge < -0.3 is 0 Å². The van der Waals surface area contributed by atoms with Crippen LogP contribution in [0.3, 0.4) is 0 Å². The summed E-state index contributed by atoms with van der Waals surface area (Å²) in [5.41, 5.74) is 0.989. The molecule has 1 atom stereocenters. The third-order valence-corrected chi connectivity index (χ3v) is 4.45. The molecule has 1 amide bonds. The van der Waals surface area contributed by atoms with Gasteiger partial charge in [0.2, 0.25) is 5.91 Å². The lowest BCUT2D eigenvalue weighted by atomic mass is 10.1. The van der Waals surface area contributed by atoms with Gasteiger partial charge in [0.25, 0.3) is 0 Å². The van der Waals surface area contributed by atoms with E-state index in [1.54, 1.807) is 28.8 Å². The fourth-order valence-electron chi connectivity index (χ4n) is 2.22. The number of thioether (sulfide) groups is 1. The molecule has 0 aromatic heterocycles. The molecule has 94 valence electrons. The number of nitrogens with zero attached hydrogens (tertiary/aromatic N) is 2. The predicted octanol–water partition coefficient (Wildman–Crippen LogP) is 2.59. The molecule has 0 saturated carbocycles. The lowest BCUT2D eigenvalue weighted by Gasteiger charge is -2.34. The van der Waals surface area contributed by atoms with Crippen LogP contribution in [0.25, 0.3) is 0 Å². The second kappa shape index (κ2) is 4.72. The molecule has 0 radical (unpaired) electrons. The van der Waals surface area contributed by atoms with Crippen molar-refractivity contribution in [3.8, 4) is 0 Å². The minimum absolute atomic E-state index is 0.0613. The zero-order valence-electron chi connectivity index (χ0n) is 9.80. The number of hydrogen-bond acceptors (Lipinski definition) is 3. The highest BCUT2D eigenvalue weighted by Crippen LogP contribution is 2.39. The van der Waals surface area contributed by atoms with Crippen molar-refractivity contribution in [2.75, 3.05) is 13.1 Å². The first kappa shape index (κ1) is 11.7. The van der Waals surface area contributed by atoms with E-state index in [0.717, 1.165) is 30.2 Å². The number of amidine groups is 1. The van der Waals surface area contributed by atoms with Gasteiger partial charge in [-0.1, -0.05) is 23.9 Å². The topological polar surface area (TPSA) is 32.7 Å². The van der Waals surface area contributed by atoms with Crippen LogP contribution in [0.1, 0.15) is 23.7 Å². The van der Waals surface area contributed by atoms with Gasteiger partial charge in [0, 0.05) is 24.8 Å². The second-order valence-electron chi connectivity index (χ2n) is 4.43. The van der Waals surface area contributed by atoms with Crippen LogP contribution < -0.4 is 0 Å². The maximum absolute atomic E-state index is 12.9. The van der Waals surface area contributed by atoms with Crippen LogP contribution in [0.5, 0.6) is 0 Å². The summed E-state index contributed by atoms with van der Waals surface area (Å²) in [5.74, 6) is -0.121. The Labute approximate surface area is 109 Å². The summed E-state index contributed by atoms with van der Waals surface area (Å²) in [5, 5.41) is 0.887. The maximum Gasteiger partial charge on any atom is 0.230 e. The standard InChI is InChI=1S/C13H13FN2OS/c14-10-4-2-9(3-5-10)11-8-12(17)16-7-1-6-15-13(16)18-11/h2-5,11H,1,6-8H2. The van der Waals surface area contributed by atoms with Gasteiger partial charge >= 0.3 is 0 Å². The van der Waals surface area contributed by atoms with Gasteiger partial charge in [-0.2, -0.15) is 0 Å². The van der Waals surface area contributed by atoms with E-state index in [1.807, 2.05) is 0 Å². The molecule has 0 N–H and O–H groups in total. The van der Waals surface area contributed by atoms with E-state index in [-0.39, 0.29) is 17.0 Å². The second-order valence-corrected chi connectivity index (χ2v) is 5.60. The molecule has 1 unspecified atom stereocenters. The average Bonchev–Trinajstić information content (AvgIpc) is 2.39. The molecule has 1 aromatic carbocycles. The Morgan fingerprint density at radius 1 is 1.33 bits per heavy atom. The quantitative estimate of drug-likeness (QED) is 0.781. The van der Waals surface area contributed by atoms with Gasteiger partial charge in [0.1, 0.15) is 5.82 Å². The largest absolute Gasteiger partial charge is 0.291 e. The average molecular weight is 264 g/mol. The molecule has 0 aliphatic carbocycles. The number of hydrogen-bond donors (Lipinski definition) is 0. The third-order valence-electron chi connectivity index (χ3n) is 3.17. The van der Waals surface area contributed by atoms with Crippen LogP contribution in [0, 0.1) is 5.82 Å². The van der Waals surface area contributed by atoms with Crippen molar-refractivity contribution in [3.05, 3.63) is 35.6 Å². The van der Waals surface area contributed by atoms with Crippen molar-refractivity contribution in [1.82, 2.24) is 4.90 Å². The zero-order valence-corrected chi connectivity index (χ0v) is 10.6. The molecule has 1 saturated heterocycles. The highest BCUT2D eigenvalue weighted by molar-refractivity contribution is 8.14. The Hall–Kier alpha value is -1.36. The fourth-order valence-corrected chi connectivity index (χ4v) is 3.48. The first-order chi connectivity index (χ1) is 8.74. The smallest absolute Gasteiger partial charge is 0.230 e. The molecule has 5 heteroatoms. The normalized spacial score (nSPS) is 23.6. The molecule has 0 bridgehead atoms. The van der Waals surface area contributed by atoms with Crippen LogP contribution in [0.4, 0.5) is 4.39 Å². The van der Waals surface area contributed by atoms with E-state index >= 15 is 0 Å². The summed E-state index contributed by atoms with van der Waals surface area (Å²) in [4.78, 5) is 18.2. The summed E-state index contributed by atoms with van der Waals surface area (Å²) in [7, 11) is 0. The molecule has 1 aromatic rings. The molecule has 2 aliphatic heterocycles. The van der Waals surface area contributed by atoms with E-state index in [0.29, 0.717) is 6.42 Å². The molecule has 2 heterocycles. The Kier molecular flexibility index (Phi) is 3.07. The molecular weight excluding hydrogens is 251 g/mol. The van der Waals surface area contributed by atoms with Crippen molar-refractivity contribution >= 4 is 22.8 Å². The van der Waals surface area contributed by atoms with Crippen molar-refractivity contribution in [2.24, 2.45) is 4.99 Å². The summed E-state index contributed by atoms with van der Waals surface area (Å²) in [6.45, 7) is 1.57. The Morgan fingerprint density at radius 3 is 2.89 bits per heavy atom. The third kappa shape index (κ3) is 2.14. The Bertz CT molecular complexity index is 500. The molecule has 3 rings (SSSR count). The molecule has 1 fully saturated rings. The van der Waals surface area contributed by atoms with Crippen LogP contribution in [0.15, 0.2) is 29.3 Å². The number of aliphatic imine (C=N–C) groups is 1. The molecule has 2 aliphatic rings. The Morgan fingerprint density at radius 2 is 2.11 bits per heavy atom. The maximum atomic E-state index is 12.9. The summed E-state index contributed by atoms with van der Waals surface area (Å²) in [6.07, 6.45) is 1.41. The van der Waals surface area contributed by atoms with Crippen LogP contribution in [-0.4, -0.2) is 29.1 Å². The summed E-state index contributed by atoms with van der Waals surface area (Å²) >= 11 is 1.61. The lowest BCUT2D eigenvalue weighted by Crippen LogP contribution is -2.42. The van der Waals surface area contributed by atoms with E-state index < -0.39 is 0 Å². The number of rotatable bonds is 1. The molecule has 3 nitrogen and oxygen atoms in total. The van der Waals surface area contributed by atoms with E-state index in [4.69, 9.17) is 0 Å². The highest BCUT2D eigenvalue weighted by atomic mass is 32.2. The predicted molar refractivity (Wildman–Crippen MR) is 70.0 cm³/mol. The Balaban J connectivity index is 1.85. The van der Waals surface area contributed by atoms with Crippen LogP contribution in [0.2, 0.25) is 0 Å². The number of amides is 1. The van der Waals surface area contributed by atoms with Crippen molar-refractivity contribution in [2.45, 2.75) is 18.1 Å². The first-order valence-corrected chi connectivity index (χ1v) is 6.89. The van der Waals surface area contributed by atoms with Gasteiger partial charge in [0.15, 0.2) is 5.17 Å². The summed E-state index contributed by atoms with van der Waals surface area (Å²) < 4.78 is 12.9. The molecule has 18 heavy (non-hydrogen) atoms. The van der Waals surface area contributed by atoms with E-state index in [1.165, 1.54) is 12.1 Å². The number of carbonyl (C=O) groups is 1. The van der Waals surface area contributed by atoms with E-state index in [9.17, 15) is 9.18 Å². The zero-order chi connectivity index (χ0) is 12.5. The highest BCUT2D eigenvalue weighted by Gasteiger charge is 2.33. The van der Waals surface area contributed by atoms with E-state index in [2.05, 4.69) is 4.99 Å². The monoisotopic (exact) mass is 264 g/mol. The number of benzene rings is 1. The number of carbonyl (C=O) groups excluding carboxylic acids is 1. The number of halogens is 1. The summed E-state index contributed by atoms with van der Waals surface area (Å²) in [6, 6.07) is 6.38. The fraction of sp³-hybridized carbons (Fsp3) is 0.385. The van der Waals surface area contributed by atoms with Crippen LogP contribution >= 0.6 is 11.8 Å². The van der Waals surface area contributed by atoms with Crippen LogP contribution in [-0.2, 0) is 4.79 Å². The first-order valence-electron chi connectivity index (χ1n) is 6.01. The van der Waals surface area contributed by atoms with Gasteiger partial charge in [-0.25, -0.2) is 4.39 Å². The van der Waals surface area contributed by atoms with Crippen molar-refractivity contribution < 1.29 is 9.18 Å². The molecular formula is C13H13FN2OS. The van der Waals surface area contributed by atoms with Crippen molar-refractivity contribution in [1.29, 1.82) is 0 Å². The lowest BCUT2D eigenvalue weighted by molar-refractivity contribution is -0.127. The minimum atomic E-state index is -0.248. The SMILES string of the molecule is O=C1CC(c2ccc(F)cc2)SC2=NCCCN12. The van der Waals surface area contributed by atoms with Gasteiger partial charge in [0.05, 0.1) is 0 Å². The van der Waals surface area contributed by atoms with Crippen molar-refractivity contribution in [3.63, 3.8) is 0 Å². The molecule has 0 spiro atoms. The number of fused-ring (bicyclic) bond motifs is 1. The van der Waals surface area contributed by atoms with Gasteiger partial charge in [-0.05, 0) is 24.1 Å². The van der Waals surface area contributed by atoms with Gasteiger partial charge in [-0.3, -0.25) is 14.7 Å². The minimum Gasteiger partial charge on any atom is -0.291 e. The van der Waals surface area contributed by atoms with Gasteiger partial charge in [-0.15, -0.1) is 0 Å².